The molecule has 1 heterocycles. The van der Waals surface area contributed by atoms with Crippen LogP contribution in [0.2, 0.25) is 0 Å². The molecule has 1 aliphatic rings. The Hall–Kier alpha value is -2.47. The van der Waals surface area contributed by atoms with Crippen LogP contribution in [0.15, 0.2) is 42.5 Å². The van der Waals surface area contributed by atoms with E-state index in [9.17, 15) is 0 Å². The topological polar surface area (TPSA) is 51.8 Å². The molecule has 0 fully saturated rings. The van der Waals surface area contributed by atoms with Crippen LogP contribution in [0.4, 0.5) is 5.69 Å². The first-order valence-corrected chi connectivity index (χ1v) is 8.71. The predicted molar refractivity (Wildman–Crippen MR) is 103 cm³/mol. The molecule has 1 aliphatic heterocycles. The lowest BCUT2D eigenvalue weighted by Gasteiger charge is -2.22. The Morgan fingerprint density at radius 3 is 2.52 bits per heavy atom. The summed E-state index contributed by atoms with van der Waals surface area (Å²) in [5, 5.41) is 7.13. The van der Waals surface area contributed by atoms with Crippen molar-refractivity contribution in [3.8, 4) is 17.2 Å². The van der Waals surface area contributed by atoms with Crippen molar-refractivity contribution < 1.29 is 14.2 Å². The zero-order chi connectivity index (χ0) is 17.6. The number of thiocarbonyl (C=S) groups is 1. The Morgan fingerprint density at radius 2 is 1.84 bits per heavy atom. The maximum absolute atomic E-state index is 5.60. The predicted octanol–water partition coefficient (Wildman–Crippen LogP) is 3.90. The summed E-state index contributed by atoms with van der Waals surface area (Å²) in [6, 6.07) is 13.9. The van der Waals surface area contributed by atoms with E-state index in [1.807, 2.05) is 42.5 Å². The lowest BCUT2D eigenvalue weighted by molar-refractivity contribution is 0.171. The second kappa shape index (κ2) is 8.07. The summed E-state index contributed by atoms with van der Waals surface area (Å²) in [6.45, 7) is 3.27. The van der Waals surface area contributed by atoms with Crippen LogP contribution in [-0.4, -0.2) is 25.4 Å². The molecule has 0 bridgehead atoms. The van der Waals surface area contributed by atoms with Gasteiger partial charge in [0.15, 0.2) is 16.6 Å². The molecule has 5 nitrogen and oxygen atoms in total. The number of fused-ring (bicyclic) bond motifs is 1. The molecule has 2 N–H and O–H groups in total. The van der Waals surface area contributed by atoms with Crippen molar-refractivity contribution >= 4 is 23.0 Å². The smallest absolute Gasteiger partial charge is 0.171 e. The number of hydrogen-bond acceptors (Lipinski definition) is 4. The summed E-state index contributed by atoms with van der Waals surface area (Å²) in [5.74, 6) is 2.34. The van der Waals surface area contributed by atoms with Gasteiger partial charge in [-0.25, -0.2) is 0 Å². The summed E-state index contributed by atoms with van der Waals surface area (Å²) < 4.78 is 16.3. The van der Waals surface area contributed by atoms with Gasteiger partial charge in [0.2, 0.25) is 0 Å². The van der Waals surface area contributed by atoms with Crippen molar-refractivity contribution in [3.05, 3.63) is 48.0 Å². The first-order chi connectivity index (χ1) is 12.2. The minimum Gasteiger partial charge on any atom is -0.497 e. The van der Waals surface area contributed by atoms with Crippen molar-refractivity contribution in [3.63, 3.8) is 0 Å². The molecule has 1 unspecified atom stereocenters. The van der Waals surface area contributed by atoms with Crippen molar-refractivity contribution in [2.24, 2.45) is 0 Å². The zero-order valence-corrected chi connectivity index (χ0v) is 15.2. The van der Waals surface area contributed by atoms with Gasteiger partial charge < -0.3 is 24.8 Å². The molecule has 0 spiro atoms. The summed E-state index contributed by atoms with van der Waals surface area (Å²) in [5.41, 5.74) is 2.03. The zero-order valence-electron chi connectivity index (χ0n) is 14.4. The quantitative estimate of drug-likeness (QED) is 0.791. The largest absolute Gasteiger partial charge is 0.497 e. The van der Waals surface area contributed by atoms with Crippen molar-refractivity contribution in [1.29, 1.82) is 0 Å². The van der Waals surface area contributed by atoms with E-state index >= 15 is 0 Å². The Kier molecular flexibility index (Phi) is 5.60. The minimum absolute atomic E-state index is 0.128. The molecule has 132 valence electrons. The highest BCUT2D eigenvalue weighted by molar-refractivity contribution is 7.80. The van der Waals surface area contributed by atoms with E-state index in [-0.39, 0.29) is 6.04 Å². The molecular formula is C19H22N2O3S. The maximum atomic E-state index is 5.60. The number of hydrogen-bond donors (Lipinski definition) is 2. The van der Waals surface area contributed by atoms with Gasteiger partial charge in [-0.15, -0.1) is 0 Å². The van der Waals surface area contributed by atoms with E-state index < -0.39 is 0 Å². The van der Waals surface area contributed by atoms with Gasteiger partial charge in [-0.3, -0.25) is 0 Å². The Labute approximate surface area is 153 Å². The van der Waals surface area contributed by atoms with Gasteiger partial charge in [0.05, 0.1) is 13.2 Å². The van der Waals surface area contributed by atoms with Crippen LogP contribution >= 0.6 is 12.2 Å². The van der Waals surface area contributed by atoms with Gasteiger partial charge in [-0.05, 0) is 48.5 Å². The monoisotopic (exact) mass is 358 g/mol. The van der Waals surface area contributed by atoms with Crippen LogP contribution in [0.3, 0.4) is 0 Å². The Bertz CT molecular complexity index is 734. The van der Waals surface area contributed by atoms with Crippen LogP contribution in [-0.2, 0) is 0 Å². The fourth-order valence-corrected chi connectivity index (χ4v) is 2.96. The number of methoxy groups -OCH3 is 1. The molecule has 0 aromatic heterocycles. The van der Waals surface area contributed by atoms with E-state index in [1.54, 1.807) is 7.11 Å². The molecular weight excluding hydrogens is 336 g/mol. The average Bonchev–Trinajstić information content (AvgIpc) is 2.66. The number of nitrogens with one attached hydrogen (secondary N) is 2. The first-order valence-electron chi connectivity index (χ1n) is 8.30. The number of ether oxygens (including phenoxy) is 3. The first kappa shape index (κ1) is 17.4. The highest BCUT2D eigenvalue weighted by atomic mass is 32.1. The fraction of sp³-hybridized carbons (Fsp3) is 0.316. The standard InChI is InChI=1S/C19H22N2O3S/c1-3-16(13-4-7-15(22-2)8-5-13)21-19(25)20-14-6-9-17-18(12-14)24-11-10-23-17/h4-9,12,16H,3,10-11H2,1-2H3,(H2,20,21,25). The summed E-state index contributed by atoms with van der Waals surface area (Å²) in [4.78, 5) is 0. The number of anilines is 1. The van der Waals surface area contributed by atoms with E-state index in [1.165, 1.54) is 0 Å². The molecule has 2 aromatic carbocycles. The van der Waals surface area contributed by atoms with Crippen LogP contribution in [0.1, 0.15) is 24.9 Å². The van der Waals surface area contributed by atoms with E-state index in [0.29, 0.717) is 18.3 Å². The number of rotatable bonds is 5. The normalized spacial score (nSPS) is 13.7. The third-order valence-corrected chi connectivity index (χ3v) is 4.25. The molecule has 3 rings (SSSR count). The van der Waals surface area contributed by atoms with Crippen LogP contribution in [0.5, 0.6) is 17.2 Å². The van der Waals surface area contributed by atoms with E-state index in [0.717, 1.165) is 34.9 Å². The lowest BCUT2D eigenvalue weighted by atomic mass is 10.0. The average molecular weight is 358 g/mol. The molecule has 0 saturated carbocycles. The molecule has 0 aliphatic carbocycles. The Morgan fingerprint density at radius 1 is 1.12 bits per heavy atom. The van der Waals surface area contributed by atoms with Crippen molar-refractivity contribution in [1.82, 2.24) is 5.32 Å². The summed E-state index contributed by atoms with van der Waals surface area (Å²) in [6.07, 6.45) is 0.912. The highest BCUT2D eigenvalue weighted by Gasteiger charge is 2.14. The van der Waals surface area contributed by atoms with Gasteiger partial charge in [0.1, 0.15) is 19.0 Å². The molecule has 2 aromatic rings. The van der Waals surface area contributed by atoms with Gasteiger partial charge in [0.25, 0.3) is 0 Å². The third-order valence-electron chi connectivity index (χ3n) is 4.03. The fourth-order valence-electron chi connectivity index (χ4n) is 2.70. The van der Waals surface area contributed by atoms with Gasteiger partial charge in [0, 0.05) is 11.8 Å². The molecule has 0 amide bonds. The van der Waals surface area contributed by atoms with Gasteiger partial charge >= 0.3 is 0 Å². The minimum atomic E-state index is 0.128. The van der Waals surface area contributed by atoms with Crippen LogP contribution in [0, 0.1) is 0 Å². The number of benzene rings is 2. The molecule has 0 saturated heterocycles. The second-order valence-electron chi connectivity index (χ2n) is 5.69. The van der Waals surface area contributed by atoms with Crippen LogP contribution in [0.25, 0.3) is 0 Å². The van der Waals surface area contributed by atoms with Crippen molar-refractivity contribution in [2.75, 3.05) is 25.6 Å². The lowest BCUT2D eigenvalue weighted by Crippen LogP contribution is -2.32. The second-order valence-corrected chi connectivity index (χ2v) is 6.10. The maximum Gasteiger partial charge on any atom is 0.171 e. The SMILES string of the molecule is CCC(NC(=S)Nc1ccc2c(c1)OCCO2)c1ccc(OC)cc1. The van der Waals surface area contributed by atoms with Gasteiger partial charge in [-0.1, -0.05) is 19.1 Å². The summed E-state index contributed by atoms with van der Waals surface area (Å²) in [7, 11) is 1.66. The molecule has 6 heteroatoms. The van der Waals surface area contributed by atoms with Gasteiger partial charge in [-0.2, -0.15) is 0 Å². The molecule has 25 heavy (non-hydrogen) atoms. The van der Waals surface area contributed by atoms with Crippen LogP contribution < -0.4 is 24.8 Å². The molecule has 1 atom stereocenters. The molecule has 0 radical (unpaired) electrons. The van der Waals surface area contributed by atoms with E-state index in [2.05, 4.69) is 17.6 Å². The van der Waals surface area contributed by atoms with E-state index in [4.69, 9.17) is 26.4 Å². The summed E-state index contributed by atoms with van der Waals surface area (Å²) >= 11 is 5.46. The Balaban J connectivity index is 1.64. The highest BCUT2D eigenvalue weighted by Crippen LogP contribution is 2.32. The third kappa shape index (κ3) is 4.33. The van der Waals surface area contributed by atoms with Crippen molar-refractivity contribution in [2.45, 2.75) is 19.4 Å².